The van der Waals surface area contributed by atoms with Gasteiger partial charge in [-0.25, -0.2) is 9.97 Å². The second-order valence-electron chi connectivity index (χ2n) is 5.79. The van der Waals surface area contributed by atoms with Crippen molar-refractivity contribution in [2.45, 2.75) is 12.5 Å². The van der Waals surface area contributed by atoms with Gasteiger partial charge in [-0.1, -0.05) is 41.9 Å². The van der Waals surface area contributed by atoms with Gasteiger partial charge >= 0.3 is 6.36 Å². The normalized spacial score (nSPS) is 12.5. The Bertz CT molecular complexity index is 939. The number of benzene rings is 2. The molecule has 0 aliphatic carbocycles. The summed E-state index contributed by atoms with van der Waals surface area (Å²) in [5.74, 6) is -0.0389. The summed E-state index contributed by atoms with van der Waals surface area (Å²) >= 11 is 5.88. The highest BCUT2D eigenvalue weighted by atomic mass is 35.5. The number of aromatic nitrogens is 2. The number of hydrogen-bond acceptors (Lipinski definition) is 5. The largest absolute Gasteiger partial charge is 0.573 e. The average Bonchev–Trinajstić information content (AvgIpc) is 2.67. The smallest absolute Gasteiger partial charge is 0.404 e. The number of hydrogen-bond donors (Lipinski definition) is 2. The van der Waals surface area contributed by atoms with Crippen molar-refractivity contribution < 1.29 is 23.0 Å². The number of ether oxygens (including phenoxy) is 1. The summed E-state index contributed by atoms with van der Waals surface area (Å²) in [5, 5.41) is 13.0. The monoisotopic (exact) mass is 409 g/mol. The Balaban J connectivity index is 1.72. The molecule has 1 aromatic heterocycles. The third-order valence-corrected chi connectivity index (χ3v) is 4.08. The number of aliphatic hydroxyl groups is 1. The number of nitrogens with one attached hydrogen (secondary N) is 1. The summed E-state index contributed by atoms with van der Waals surface area (Å²) in [4.78, 5) is 8.18. The van der Waals surface area contributed by atoms with Gasteiger partial charge in [-0.3, -0.25) is 0 Å². The first-order valence-electron chi connectivity index (χ1n) is 8.16. The fraction of sp³-hybridized carbons (Fsp3) is 0.158. The van der Waals surface area contributed by atoms with E-state index in [4.69, 9.17) is 11.6 Å². The standard InChI is InChI=1S/C19H15ClF3N3O2/c20-14-8-13(6-7-17(14)28-19(21,22)23)15-9-18(26-11-25-15)24-10-16(27)12-4-2-1-3-5-12/h1-9,11,16,27H,10H2,(H,24,25,26). The Hall–Kier alpha value is -2.84. The van der Waals surface area contributed by atoms with E-state index < -0.39 is 18.2 Å². The van der Waals surface area contributed by atoms with E-state index in [-0.39, 0.29) is 11.6 Å². The first kappa shape index (κ1) is 19.9. The predicted octanol–water partition coefficient (Wildman–Crippen LogP) is 4.84. The molecule has 0 fully saturated rings. The maximum absolute atomic E-state index is 12.3. The molecule has 5 nitrogen and oxygen atoms in total. The van der Waals surface area contributed by atoms with Gasteiger partial charge in [-0.2, -0.15) is 0 Å². The Morgan fingerprint density at radius 3 is 2.50 bits per heavy atom. The maximum atomic E-state index is 12.3. The first-order chi connectivity index (χ1) is 13.3. The van der Waals surface area contributed by atoms with E-state index >= 15 is 0 Å². The number of aliphatic hydroxyl groups excluding tert-OH is 1. The van der Waals surface area contributed by atoms with Crippen LogP contribution >= 0.6 is 11.6 Å². The molecule has 0 bridgehead atoms. The van der Waals surface area contributed by atoms with Crippen LogP contribution in [-0.2, 0) is 0 Å². The van der Waals surface area contributed by atoms with Gasteiger partial charge in [0.2, 0.25) is 0 Å². The molecule has 3 rings (SSSR count). The van der Waals surface area contributed by atoms with E-state index in [1.165, 1.54) is 18.5 Å². The van der Waals surface area contributed by atoms with Crippen molar-refractivity contribution in [3.63, 3.8) is 0 Å². The van der Waals surface area contributed by atoms with Crippen molar-refractivity contribution in [3.05, 3.63) is 71.5 Å². The van der Waals surface area contributed by atoms with Crippen molar-refractivity contribution in [2.75, 3.05) is 11.9 Å². The quantitative estimate of drug-likeness (QED) is 0.609. The molecule has 0 radical (unpaired) electrons. The number of anilines is 1. The van der Waals surface area contributed by atoms with Crippen LogP contribution in [0.1, 0.15) is 11.7 Å². The highest BCUT2D eigenvalue weighted by Gasteiger charge is 2.32. The molecule has 2 aromatic carbocycles. The fourth-order valence-corrected chi connectivity index (χ4v) is 2.69. The lowest BCUT2D eigenvalue weighted by molar-refractivity contribution is -0.274. The topological polar surface area (TPSA) is 67.3 Å². The van der Waals surface area contributed by atoms with E-state index in [1.54, 1.807) is 6.07 Å². The summed E-state index contributed by atoms with van der Waals surface area (Å²) < 4.78 is 40.9. The number of alkyl halides is 3. The van der Waals surface area contributed by atoms with Crippen LogP contribution < -0.4 is 10.1 Å². The molecular weight excluding hydrogens is 395 g/mol. The summed E-state index contributed by atoms with van der Waals surface area (Å²) in [6.07, 6.45) is -4.25. The summed E-state index contributed by atoms with van der Waals surface area (Å²) in [7, 11) is 0. The minimum atomic E-state index is -4.82. The molecule has 28 heavy (non-hydrogen) atoms. The average molecular weight is 410 g/mol. The van der Waals surface area contributed by atoms with Gasteiger partial charge in [0.15, 0.2) is 0 Å². The van der Waals surface area contributed by atoms with Crippen molar-refractivity contribution >= 4 is 17.4 Å². The second kappa shape index (κ2) is 8.45. The Morgan fingerprint density at radius 2 is 1.82 bits per heavy atom. The van der Waals surface area contributed by atoms with E-state index in [0.717, 1.165) is 11.6 Å². The van der Waals surface area contributed by atoms with Crippen molar-refractivity contribution in [1.82, 2.24) is 9.97 Å². The van der Waals surface area contributed by atoms with Crippen molar-refractivity contribution in [1.29, 1.82) is 0 Å². The molecule has 0 spiro atoms. The zero-order chi connectivity index (χ0) is 20.1. The molecule has 1 heterocycles. The number of nitrogens with zero attached hydrogens (tertiary/aromatic N) is 2. The van der Waals surface area contributed by atoms with Crippen LogP contribution in [0.3, 0.4) is 0 Å². The van der Waals surface area contributed by atoms with Crippen LogP contribution in [0.2, 0.25) is 5.02 Å². The number of rotatable bonds is 6. The summed E-state index contributed by atoms with van der Waals surface area (Å²) in [6.45, 7) is 0.222. The van der Waals surface area contributed by atoms with Gasteiger partial charge in [-0.15, -0.1) is 13.2 Å². The molecular formula is C19H15ClF3N3O2. The first-order valence-corrected chi connectivity index (χ1v) is 8.54. The lowest BCUT2D eigenvalue weighted by Gasteiger charge is -2.13. The lowest BCUT2D eigenvalue weighted by atomic mass is 10.1. The van der Waals surface area contributed by atoms with Crippen LogP contribution in [0.4, 0.5) is 19.0 Å². The molecule has 1 atom stereocenters. The SMILES string of the molecule is OC(CNc1cc(-c2ccc(OC(F)(F)F)c(Cl)c2)ncn1)c1ccccc1. The molecule has 2 N–H and O–H groups in total. The molecule has 1 unspecified atom stereocenters. The highest BCUT2D eigenvalue weighted by Crippen LogP contribution is 2.33. The minimum Gasteiger partial charge on any atom is -0.404 e. The van der Waals surface area contributed by atoms with Crippen LogP contribution in [-0.4, -0.2) is 28.0 Å². The van der Waals surface area contributed by atoms with E-state index in [9.17, 15) is 18.3 Å². The van der Waals surface area contributed by atoms with Crippen LogP contribution in [0.25, 0.3) is 11.3 Å². The Morgan fingerprint density at radius 1 is 1.07 bits per heavy atom. The molecule has 0 saturated carbocycles. The Kier molecular flexibility index (Phi) is 6.01. The van der Waals surface area contributed by atoms with E-state index in [1.807, 2.05) is 30.3 Å². The van der Waals surface area contributed by atoms with E-state index in [2.05, 4.69) is 20.0 Å². The molecule has 9 heteroatoms. The Labute approximate surface area is 163 Å². The molecule has 0 aliphatic heterocycles. The van der Waals surface area contributed by atoms with Crippen molar-refractivity contribution in [3.8, 4) is 17.0 Å². The van der Waals surface area contributed by atoms with Gasteiger partial charge in [0.05, 0.1) is 16.8 Å². The maximum Gasteiger partial charge on any atom is 0.573 e. The molecule has 0 aliphatic rings. The van der Waals surface area contributed by atoms with Crippen molar-refractivity contribution in [2.24, 2.45) is 0 Å². The highest BCUT2D eigenvalue weighted by molar-refractivity contribution is 6.32. The summed E-state index contributed by atoms with van der Waals surface area (Å²) in [6, 6.07) is 14.6. The molecule has 0 amide bonds. The molecule has 3 aromatic rings. The number of halogens is 4. The van der Waals surface area contributed by atoms with Gasteiger partial charge in [0.25, 0.3) is 0 Å². The predicted molar refractivity (Wildman–Crippen MR) is 99.1 cm³/mol. The van der Waals surface area contributed by atoms with Crippen LogP contribution in [0.15, 0.2) is 60.9 Å². The third-order valence-electron chi connectivity index (χ3n) is 3.78. The van der Waals surface area contributed by atoms with E-state index in [0.29, 0.717) is 17.1 Å². The zero-order valence-corrected chi connectivity index (χ0v) is 15.1. The van der Waals surface area contributed by atoms with Crippen LogP contribution in [0, 0.1) is 0 Å². The molecule has 0 saturated heterocycles. The summed E-state index contributed by atoms with van der Waals surface area (Å²) in [5.41, 5.74) is 1.71. The fourth-order valence-electron chi connectivity index (χ4n) is 2.47. The third kappa shape index (κ3) is 5.34. The van der Waals surface area contributed by atoms with Gasteiger partial charge < -0.3 is 15.2 Å². The lowest BCUT2D eigenvalue weighted by Crippen LogP contribution is -2.17. The zero-order valence-electron chi connectivity index (χ0n) is 14.3. The minimum absolute atomic E-state index is 0.192. The van der Waals surface area contributed by atoms with Gasteiger partial charge in [-0.05, 0) is 23.8 Å². The molecule has 146 valence electrons. The van der Waals surface area contributed by atoms with Gasteiger partial charge in [0.1, 0.15) is 17.9 Å². The van der Waals surface area contributed by atoms with Gasteiger partial charge in [0, 0.05) is 18.2 Å². The second-order valence-corrected chi connectivity index (χ2v) is 6.20. The van der Waals surface area contributed by atoms with Crippen LogP contribution in [0.5, 0.6) is 5.75 Å².